The number of hydrogen-bond acceptors (Lipinski definition) is 4. The van der Waals surface area contributed by atoms with Crippen LogP contribution in [0.1, 0.15) is 19.3 Å². The minimum absolute atomic E-state index is 0.277. The Morgan fingerprint density at radius 2 is 2.18 bits per heavy atom. The molecule has 0 unspecified atom stereocenters. The van der Waals surface area contributed by atoms with Gasteiger partial charge < -0.3 is 9.74 Å². The molecule has 0 radical (unpaired) electrons. The van der Waals surface area contributed by atoms with Crippen molar-refractivity contribution in [1.82, 2.24) is 9.88 Å². The highest BCUT2D eigenvalue weighted by Gasteiger charge is 2.18. The average molecular weight is 256 g/mol. The van der Waals surface area contributed by atoms with Crippen LogP contribution in [0.15, 0.2) is 18.3 Å². The highest BCUT2D eigenvalue weighted by molar-refractivity contribution is 6.31. The third-order valence-corrected chi connectivity index (χ3v) is 2.92. The van der Waals surface area contributed by atoms with Crippen LogP contribution < -0.4 is 5.48 Å². The van der Waals surface area contributed by atoms with E-state index in [-0.39, 0.29) is 11.2 Å². The first-order valence-corrected chi connectivity index (χ1v) is 5.97. The predicted molar refractivity (Wildman–Crippen MR) is 64.8 cm³/mol. The summed E-state index contributed by atoms with van der Waals surface area (Å²) in [5, 5.41) is 0.277. The van der Waals surface area contributed by atoms with Gasteiger partial charge in [-0.05, 0) is 31.4 Å². The van der Waals surface area contributed by atoms with Gasteiger partial charge in [-0.1, -0.05) is 11.6 Å². The zero-order chi connectivity index (χ0) is 12.1. The standard InChI is InChI=1S/C11H14ClN3O2/c12-10-9(5-4-6-13-10)14-17-11(16)15-7-2-1-3-8-15/h4-6,14H,1-3,7-8H2. The van der Waals surface area contributed by atoms with Crippen molar-refractivity contribution in [3.05, 3.63) is 23.5 Å². The second-order valence-electron chi connectivity index (χ2n) is 3.86. The molecule has 0 atom stereocenters. The lowest BCUT2D eigenvalue weighted by atomic mass is 10.1. The van der Waals surface area contributed by atoms with Gasteiger partial charge >= 0.3 is 6.09 Å². The maximum absolute atomic E-state index is 11.7. The van der Waals surface area contributed by atoms with Gasteiger partial charge in [0.25, 0.3) is 0 Å². The van der Waals surface area contributed by atoms with Crippen LogP contribution in [-0.4, -0.2) is 29.1 Å². The zero-order valence-electron chi connectivity index (χ0n) is 9.36. The number of nitrogens with zero attached hydrogens (tertiary/aromatic N) is 2. The molecule has 1 amide bonds. The molecule has 0 bridgehead atoms. The second-order valence-corrected chi connectivity index (χ2v) is 4.22. The Kier molecular flexibility index (Phi) is 4.03. The number of carbonyl (C=O) groups excluding carboxylic acids is 1. The normalized spacial score (nSPS) is 15.5. The molecular formula is C11H14ClN3O2. The van der Waals surface area contributed by atoms with Crippen molar-refractivity contribution >= 4 is 23.4 Å². The lowest BCUT2D eigenvalue weighted by molar-refractivity contribution is 0.114. The van der Waals surface area contributed by atoms with Gasteiger partial charge in [0.15, 0.2) is 5.15 Å². The molecule has 5 nitrogen and oxygen atoms in total. The molecule has 1 aromatic rings. The predicted octanol–water partition coefficient (Wildman–Crippen LogP) is 2.68. The number of anilines is 1. The summed E-state index contributed by atoms with van der Waals surface area (Å²) in [4.78, 5) is 22.2. The fraction of sp³-hybridized carbons (Fsp3) is 0.455. The van der Waals surface area contributed by atoms with Crippen molar-refractivity contribution < 1.29 is 9.63 Å². The number of nitrogens with one attached hydrogen (secondary N) is 1. The Balaban J connectivity index is 1.85. The molecule has 2 rings (SSSR count). The van der Waals surface area contributed by atoms with Crippen LogP contribution in [0.3, 0.4) is 0 Å². The number of pyridine rings is 1. The molecule has 17 heavy (non-hydrogen) atoms. The third-order valence-electron chi connectivity index (χ3n) is 2.62. The van der Waals surface area contributed by atoms with Crippen LogP contribution in [0.4, 0.5) is 10.5 Å². The van der Waals surface area contributed by atoms with E-state index in [9.17, 15) is 4.79 Å². The SMILES string of the molecule is O=C(ONc1cccnc1Cl)N1CCCCC1. The number of hydrogen-bond donors (Lipinski definition) is 1. The van der Waals surface area contributed by atoms with Crippen LogP contribution >= 0.6 is 11.6 Å². The van der Waals surface area contributed by atoms with E-state index in [0.29, 0.717) is 5.69 Å². The lowest BCUT2D eigenvalue weighted by Crippen LogP contribution is -2.37. The summed E-state index contributed by atoms with van der Waals surface area (Å²) in [7, 11) is 0. The van der Waals surface area contributed by atoms with E-state index in [0.717, 1.165) is 25.9 Å². The van der Waals surface area contributed by atoms with Gasteiger partial charge in [-0.2, -0.15) is 0 Å². The Morgan fingerprint density at radius 3 is 2.88 bits per heavy atom. The van der Waals surface area contributed by atoms with Gasteiger partial charge in [-0.15, -0.1) is 0 Å². The van der Waals surface area contributed by atoms with Gasteiger partial charge in [0.2, 0.25) is 0 Å². The maximum atomic E-state index is 11.7. The number of aromatic nitrogens is 1. The zero-order valence-corrected chi connectivity index (χ0v) is 10.1. The summed E-state index contributed by atoms with van der Waals surface area (Å²) >= 11 is 5.81. The lowest BCUT2D eigenvalue weighted by Gasteiger charge is -2.25. The van der Waals surface area contributed by atoms with Crippen molar-refractivity contribution in [2.45, 2.75) is 19.3 Å². The van der Waals surface area contributed by atoms with Crippen molar-refractivity contribution in [3.63, 3.8) is 0 Å². The third kappa shape index (κ3) is 3.23. The molecule has 1 saturated heterocycles. The van der Waals surface area contributed by atoms with E-state index >= 15 is 0 Å². The molecule has 1 fully saturated rings. The summed E-state index contributed by atoms with van der Waals surface area (Å²) in [6.07, 6.45) is 4.43. The highest BCUT2D eigenvalue weighted by atomic mass is 35.5. The first kappa shape index (κ1) is 12.0. The number of likely N-dealkylation sites (tertiary alicyclic amines) is 1. The largest absolute Gasteiger partial charge is 0.434 e. The average Bonchev–Trinajstić information content (AvgIpc) is 2.38. The molecule has 6 heteroatoms. The topological polar surface area (TPSA) is 54.5 Å². The second kappa shape index (κ2) is 5.72. The van der Waals surface area contributed by atoms with Crippen LogP contribution in [0.5, 0.6) is 0 Å². The Morgan fingerprint density at radius 1 is 1.41 bits per heavy atom. The first-order valence-electron chi connectivity index (χ1n) is 5.59. The molecule has 0 aliphatic carbocycles. The van der Waals surface area contributed by atoms with E-state index in [4.69, 9.17) is 16.4 Å². The summed E-state index contributed by atoms with van der Waals surface area (Å²) < 4.78 is 0. The highest BCUT2D eigenvalue weighted by Crippen LogP contribution is 2.18. The Labute approximate surface area is 105 Å². The van der Waals surface area contributed by atoms with E-state index in [1.165, 1.54) is 6.42 Å². The summed E-state index contributed by atoms with van der Waals surface area (Å²) in [5.74, 6) is 0. The molecule has 1 aliphatic rings. The fourth-order valence-corrected chi connectivity index (χ4v) is 1.86. The van der Waals surface area contributed by atoms with Crippen molar-refractivity contribution in [1.29, 1.82) is 0 Å². The van der Waals surface area contributed by atoms with E-state index in [1.54, 1.807) is 23.2 Å². The molecule has 1 N–H and O–H groups in total. The molecule has 2 heterocycles. The minimum Gasteiger partial charge on any atom is -0.324 e. The van der Waals surface area contributed by atoms with Gasteiger partial charge in [0, 0.05) is 19.3 Å². The first-order chi connectivity index (χ1) is 8.27. The van der Waals surface area contributed by atoms with Gasteiger partial charge in [-0.25, -0.2) is 15.3 Å². The number of piperidine rings is 1. The van der Waals surface area contributed by atoms with Crippen molar-refractivity contribution in [2.75, 3.05) is 18.6 Å². The van der Waals surface area contributed by atoms with Crippen LogP contribution in [-0.2, 0) is 4.84 Å². The van der Waals surface area contributed by atoms with Gasteiger partial charge in [0.05, 0.1) is 0 Å². The molecule has 92 valence electrons. The number of halogens is 1. The van der Waals surface area contributed by atoms with E-state index < -0.39 is 0 Å². The molecule has 0 aromatic carbocycles. The molecular weight excluding hydrogens is 242 g/mol. The van der Waals surface area contributed by atoms with Crippen LogP contribution in [0.25, 0.3) is 0 Å². The smallest absolute Gasteiger partial charge is 0.324 e. The Bertz CT molecular complexity index is 394. The Hall–Kier alpha value is -1.49. The number of rotatable bonds is 2. The van der Waals surface area contributed by atoms with Gasteiger partial charge in [-0.3, -0.25) is 0 Å². The summed E-state index contributed by atoms with van der Waals surface area (Å²) in [5.41, 5.74) is 3.01. The molecule has 1 aliphatic heterocycles. The van der Waals surface area contributed by atoms with Crippen LogP contribution in [0.2, 0.25) is 5.15 Å². The monoisotopic (exact) mass is 255 g/mol. The maximum Gasteiger partial charge on any atom is 0.434 e. The van der Waals surface area contributed by atoms with Crippen LogP contribution in [0, 0.1) is 0 Å². The number of carbonyl (C=O) groups is 1. The molecule has 0 saturated carbocycles. The molecule has 1 aromatic heterocycles. The molecule has 0 spiro atoms. The summed E-state index contributed by atoms with van der Waals surface area (Å²) in [6, 6.07) is 3.40. The number of amides is 1. The minimum atomic E-state index is -0.371. The van der Waals surface area contributed by atoms with Crippen molar-refractivity contribution in [2.24, 2.45) is 0 Å². The van der Waals surface area contributed by atoms with Crippen molar-refractivity contribution in [3.8, 4) is 0 Å². The summed E-state index contributed by atoms with van der Waals surface area (Å²) in [6.45, 7) is 1.50. The van der Waals surface area contributed by atoms with E-state index in [1.807, 2.05) is 0 Å². The van der Waals surface area contributed by atoms with E-state index in [2.05, 4.69) is 10.5 Å². The van der Waals surface area contributed by atoms with Gasteiger partial charge in [0.1, 0.15) is 5.69 Å². The quantitative estimate of drug-likeness (QED) is 0.652. The fourth-order valence-electron chi connectivity index (χ4n) is 1.70.